The van der Waals surface area contributed by atoms with E-state index in [2.05, 4.69) is 20.8 Å². The van der Waals surface area contributed by atoms with Crippen LogP contribution in [0.3, 0.4) is 0 Å². The van der Waals surface area contributed by atoms with Gasteiger partial charge in [0, 0.05) is 16.5 Å². The minimum Gasteiger partial charge on any atom is -0.385 e. The van der Waals surface area contributed by atoms with Crippen LogP contribution in [0.5, 0.6) is 0 Å². The highest BCUT2D eigenvalue weighted by Crippen LogP contribution is 2.35. The summed E-state index contributed by atoms with van der Waals surface area (Å²) in [6.07, 6.45) is 3.44. The highest BCUT2D eigenvalue weighted by atomic mass is 16.5. The van der Waals surface area contributed by atoms with E-state index in [9.17, 15) is 14.7 Å². The molecule has 0 aromatic heterocycles. The number of benzene rings is 2. The van der Waals surface area contributed by atoms with Crippen LogP contribution in [-0.2, 0) is 4.74 Å². The van der Waals surface area contributed by atoms with Crippen LogP contribution in [0.2, 0.25) is 0 Å². The highest BCUT2D eigenvalue weighted by Gasteiger charge is 2.35. The Balaban J connectivity index is 1.07. The molecule has 2 amide bonds. The van der Waals surface area contributed by atoms with Crippen molar-refractivity contribution in [3.8, 4) is 0 Å². The Morgan fingerprint density at radius 1 is 0.974 bits per heavy atom. The minimum absolute atomic E-state index is 0.182. The van der Waals surface area contributed by atoms with Gasteiger partial charge in [-0.25, -0.2) is 0 Å². The Kier molecular flexibility index (Phi) is 8.48. The van der Waals surface area contributed by atoms with Gasteiger partial charge in [-0.3, -0.25) is 14.5 Å². The monoisotopic (exact) mass is 523 g/mol. The number of nitrogens with zero attached hydrogens (tertiary/aromatic N) is 1. The molecule has 2 heterocycles. The van der Waals surface area contributed by atoms with E-state index >= 15 is 0 Å². The average Bonchev–Trinajstić information content (AvgIpc) is 2.91. The van der Waals surface area contributed by atoms with E-state index in [0.717, 1.165) is 49.9 Å². The number of quaternary nitrogens is 2. The van der Waals surface area contributed by atoms with Crippen LogP contribution in [0, 0.1) is 17.8 Å². The Labute approximate surface area is 226 Å². The standard InChI is InChI=1S/C31H43N3O4/c1-21(2)25-11-10-22(3)18-28(25)38-20-24(35)19-33-14-12-32(13-15-33)16-17-34-30(36)26-8-4-6-23-7-5-9-27(29(23)26)31(34)37/h4-9,21-22,24-25,28,35H,10-20H2,1-3H3/p+2/t22-,24+,25+,28+/m0/s1. The summed E-state index contributed by atoms with van der Waals surface area (Å²) in [5, 5.41) is 12.4. The van der Waals surface area contributed by atoms with Crippen molar-refractivity contribution in [2.24, 2.45) is 17.8 Å². The van der Waals surface area contributed by atoms with Crippen LogP contribution >= 0.6 is 0 Å². The summed E-state index contributed by atoms with van der Waals surface area (Å²) in [6.45, 7) is 13.1. The fraction of sp³-hybridized carbons (Fsp3) is 0.613. The lowest BCUT2D eigenvalue weighted by atomic mass is 9.75. The number of rotatable bonds is 9. The number of hydrogen-bond acceptors (Lipinski definition) is 4. The van der Waals surface area contributed by atoms with Gasteiger partial charge >= 0.3 is 0 Å². The molecule has 7 heteroatoms. The normalized spacial score (nSPS) is 28.8. The van der Waals surface area contributed by atoms with Crippen LogP contribution in [-0.4, -0.2) is 86.4 Å². The molecule has 7 nitrogen and oxygen atoms in total. The second kappa shape index (κ2) is 11.8. The molecule has 3 aliphatic rings. The summed E-state index contributed by atoms with van der Waals surface area (Å²) in [6, 6.07) is 11.3. The zero-order valence-corrected chi connectivity index (χ0v) is 23.2. The lowest BCUT2D eigenvalue weighted by molar-refractivity contribution is -1.01. The Morgan fingerprint density at radius 3 is 2.24 bits per heavy atom. The first-order chi connectivity index (χ1) is 18.3. The van der Waals surface area contributed by atoms with Gasteiger partial charge in [0.15, 0.2) is 0 Å². The van der Waals surface area contributed by atoms with Gasteiger partial charge in [0.25, 0.3) is 11.8 Å². The number of hydrogen-bond donors (Lipinski definition) is 3. The second-order valence-corrected chi connectivity index (χ2v) is 12.3. The molecule has 1 aliphatic carbocycles. The number of piperazine rings is 1. The van der Waals surface area contributed by atoms with Crippen LogP contribution in [0.4, 0.5) is 0 Å². The predicted molar refractivity (Wildman–Crippen MR) is 148 cm³/mol. The number of carbonyl (C=O) groups excluding carboxylic acids is 2. The van der Waals surface area contributed by atoms with Gasteiger partial charge in [0.1, 0.15) is 38.8 Å². The van der Waals surface area contributed by atoms with E-state index in [0.29, 0.717) is 48.6 Å². The van der Waals surface area contributed by atoms with Crippen LogP contribution in [0.25, 0.3) is 10.8 Å². The quantitative estimate of drug-likeness (QED) is 0.430. The summed E-state index contributed by atoms with van der Waals surface area (Å²) in [7, 11) is 0. The summed E-state index contributed by atoms with van der Waals surface area (Å²) in [5.41, 5.74) is 1.25. The highest BCUT2D eigenvalue weighted by molar-refractivity contribution is 6.25. The van der Waals surface area contributed by atoms with Gasteiger partial charge in [-0.2, -0.15) is 0 Å². The summed E-state index contributed by atoms with van der Waals surface area (Å²) < 4.78 is 6.29. The van der Waals surface area contributed by atoms with Gasteiger partial charge in [0.2, 0.25) is 0 Å². The van der Waals surface area contributed by atoms with Gasteiger partial charge in [-0.15, -0.1) is 0 Å². The summed E-state index contributed by atoms with van der Waals surface area (Å²) in [4.78, 5) is 30.6. The number of carbonyl (C=O) groups is 2. The number of aliphatic hydroxyl groups excluding tert-OH is 1. The predicted octanol–water partition coefficient (Wildman–Crippen LogP) is 1.06. The van der Waals surface area contributed by atoms with Crippen molar-refractivity contribution in [3.05, 3.63) is 47.5 Å². The number of nitrogens with one attached hydrogen (secondary N) is 2. The third-order valence-electron chi connectivity index (χ3n) is 9.20. The number of aliphatic hydroxyl groups is 1. The van der Waals surface area contributed by atoms with Crippen molar-refractivity contribution in [2.45, 2.75) is 52.2 Å². The molecule has 2 aromatic rings. The van der Waals surface area contributed by atoms with Crippen molar-refractivity contribution in [3.63, 3.8) is 0 Å². The van der Waals surface area contributed by atoms with Gasteiger partial charge in [0.05, 0.1) is 25.8 Å². The average molecular weight is 524 g/mol. The Hall–Kier alpha value is -2.32. The fourth-order valence-corrected chi connectivity index (χ4v) is 6.90. The smallest absolute Gasteiger partial charge is 0.261 e. The second-order valence-electron chi connectivity index (χ2n) is 12.3. The third-order valence-corrected chi connectivity index (χ3v) is 9.20. The SMILES string of the molecule is CC(C)[C@H]1CC[C@H](C)C[C@H]1OC[C@H](O)C[NH+]1CC[NH+](CCN2C(=O)c3cccc4cccc(c34)C2=O)CC1. The van der Waals surface area contributed by atoms with Gasteiger partial charge < -0.3 is 19.6 Å². The van der Waals surface area contributed by atoms with Crippen LogP contribution < -0.4 is 9.80 Å². The minimum atomic E-state index is -0.442. The maximum Gasteiger partial charge on any atom is 0.261 e. The molecule has 0 unspecified atom stereocenters. The summed E-state index contributed by atoms with van der Waals surface area (Å²) >= 11 is 0. The van der Waals surface area contributed by atoms with Crippen molar-refractivity contribution >= 4 is 22.6 Å². The number of imide groups is 1. The van der Waals surface area contributed by atoms with Crippen molar-refractivity contribution < 1.29 is 29.2 Å². The molecule has 1 saturated heterocycles. The maximum absolute atomic E-state index is 13.2. The third kappa shape index (κ3) is 5.81. The van der Waals surface area contributed by atoms with E-state index in [1.165, 1.54) is 27.5 Å². The van der Waals surface area contributed by atoms with E-state index in [1.54, 1.807) is 0 Å². The molecule has 0 bridgehead atoms. The summed E-state index contributed by atoms with van der Waals surface area (Å²) in [5.74, 6) is 1.55. The molecular formula is C31H45N3O4+2. The molecule has 3 N–H and O–H groups in total. The van der Waals surface area contributed by atoms with E-state index in [-0.39, 0.29) is 17.9 Å². The van der Waals surface area contributed by atoms with Crippen molar-refractivity contribution in [1.82, 2.24) is 4.90 Å². The van der Waals surface area contributed by atoms with Crippen molar-refractivity contribution in [1.29, 1.82) is 0 Å². The van der Waals surface area contributed by atoms with E-state index < -0.39 is 6.10 Å². The maximum atomic E-state index is 13.2. The molecule has 38 heavy (non-hydrogen) atoms. The molecule has 4 atom stereocenters. The molecule has 0 radical (unpaired) electrons. The van der Waals surface area contributed by atoms with E-state index in [4.69, 9.17) is 4.74 Å². The molecule has 206 valence electrons. The first-order valence-electron chi connectivity index (χ1n) is 14.7. The van der Waals surface area contributed by atoms with Crippen molar-refractivity contribution in [2.75, 3.05) is 52.4 Å². The molecule has 0 spiro atoms. The first kappa shape index (κ1) is 27.3. The molecular weight excluding hydrogens is 478 g/mol. The van der Waals surface area contributed by atoms with Crippen LogP contribution in [0.1, 0.15) is 60.7 Å². The molecule has 1 saturated carbocycles. The van der Waals surface area contributed by atoms with Gasteiger partial charge in [-0.05, 0) is 48.1 Å². The Bertz CT molecular complexity index is 1090. The molecule has 2 fully saturated rings. The van der Waals surface area contributed by atoms with Gasteiger partial charge in [-0.1, -0.05) is 51.5 Å². The first-order valence-corrected chi connectivity index (χ1v) is 14.7. The zero-order valence-electron chi connectivity index (χ0n) is 23.2. The Morgan fingerprint density at radius 2 is 1.61 bits per heavy atom. The molecule has 2 aliphatic heterocycles. The lowest BCUT2D eigenvalue weighted by Crippen LogP contribution is -3.28. The van der Waals surface area contributed by atoms with Crippen LogP contribution in [0.15, 0.2) is 36.4 Å². The number of amides is 2. The number of ether oxygens (including phenoxy) is 1. The topological polar surface area (TPSA) is 75.7 Å². The van der Waals surface area contributed by atoms with E-state index in [1.807, 2.05) is 36.4 Å². The lowest BCUT2D eigenvalue weighted by Gasteiger charge is -2.37. The largest absolute Gasteiger partial charge is 0.385 e. The molecule has 5 rings (SSSR count). The zero-order chi connectivity index (χ0) is 26.8. The molecule has 2 aromatic carbocycles. The fourth-order valence-electron chi connectivity index (χ4n) is 6.90.